The Morgan fingerprint density at radius 3 is 2.30 bits per heavy atom. The molecule has 1 heterocycles. The van der Waals surface area contributed by atoms with E-state index in [0.29, 0.717) is 11.5 Å². The second-order valence-corrected chi connectivity index (χ2v) is 8.48. The zero-order valence-corrected chi connectivity index (χ0v) is 14.6. The highest BCUT2D eigenvalue weighted by atomic mass is 16.1. The molecule has 4 heteroatoms. The number of nitrogens with zero attached hydrogens (tertiary/aromatic N) is 2. The van der Waals surface area contributed by atoms with Crippen molar-refractivity contribution in [3.63, 3.8) is 0 Å². The Kier molecular flexibility index (Phi) is 3.54. The van der Waals surface area contributed by atoms with Gasteiger partial charge in [-0.15, -0.1) is 0 Å². The maximum Gasteiger partial charge on any atom is 0.254 e. The smallest absolute Gasteiger partial charge is 0.254 e. The van der Waals surface area contributed by atoms with Crippen molar-refractivity contribution in [1.82, 2.24) is 15.1 Å². The number of carbonyl (C=O) groups excluding carboxylic acids is 1. The van der Waals surface area contributed by atoms with Gasteiger partial charge in [0, 0.05) is 18.8 Å². The van der Waals surface area contributed by atoms with Crippen molar-refractivity contribution >= 4 is 5.91 Å². The van der Waals surface area contributed by atoms with Gasteiger partial charge in [0.1, 0.15) is 0 Å². The van der Waals surface area contributed by atoms with Crippen LogP contribution in [0.5, 0.6) is 0 Å². The van der Waals surface area contributed by atoms with Crippen molar-refractivity contribution in [2.75, 3.05) is 0 Å². The second-order valence-electron chi connectivity index (χ2n) is 8.48. The first-order valence-electron chi connectivity index (χ1n) is 9.30. The summed E-state index contributed by atoms with van der Waals surface area (Å²) in [5.41, 5.74) is 2.05. The number of rotatable bonds is 4. The molecule has 1 N–H and O–H groups in total. The summed E-state index contributed by atoms with van der Waals surface area (Å²) in [6.45, 7) is 4.20. The van der Waals surface area contributed by atoms with Crippen LogP contribution in [0, 0.1) is 30.1 Å². The molecular weight excluding hydrogens is 286 g/mol. The average Bonchev–Trinajstić information content (AvgIpc) is 2.83. The van der Waals surface area contributed by atoms with Crippen LogP contribution in [0.1, 0.15) is 67.9 Å². The Morgan fingerprint density at radius 2 is 1.87 bits per heavy atom. The quantitative estimate of drug-likeness (QED) is 0.925. The topological polar surface area (TPSA) is 46.9 Å². The molecular formula is C19H29N3O. The van der Waals surface area contributed by atoms with E-state index in [-0.39, 0.29) is 5.91 Å². The largest absolute Gasteiger partial charge is 0.349 e. The van der Waals surface area contributed by atoms with E-state index < -0.39 is 0 Å². The van der Waals surface area contributed by atoms with Gasteiger partial charge in [0.2, 0.25) is 0 Å². The van der Waals surface area contributed by atoms with Gasteiger partial charge >= 0.3 is 0 Å². The van der Waals surface area contributed by atoms with Gasteiger partial charge in [-0.1, -0.05) is 6.92 Å². The number of hydrogen-bond donors (Lipinski definition) is 1. The molecule has 4 bridgehead atoms. The molecule has 1 atom stereocenters. The summed E-state index contributed by atoms with van der Waals surface area (Å²) in [6, 6.07) is 0.322. The van der Waals surface area contributed by atoms with Gasteiger partial charge in [0.15, 0.2) is 0 Å². The number of carbonyl (C=O) groups is 1. The lowest BCUT2D eigenvalue weighted by Gasteiger charge is -2.59. The summed E-state index contributed by atoms with van der Waals surface area (Å²) < 4.78 is 1.78. The maximum atomic E-state index is 12.8. The number of nitrogens with one attached hydrogen (secondary N) is 1. The van der Waals surface area contributed by atoms with Crippen molar-refractivity contribution in [3.05, 3.63) is 17.5 Å². The minimum absolute atomic E-state index is 0.0678. The van der Waals surface area contributed by atoms with E-state index in [9.17, 15) is 4.79 Å². The number of amides is 1. The van der Waals surface area contributed by atoms with E-state index in [0.717, 1.165) is 35.4 Å². The van der Waals surface area contributed by atoms with Crippen molar-refractivity contribution in [2.45, 2.75) is 64.8 Å². The molecule has 4 saturated carbocycles. The van der Waals surface area contributed by atoms with Gasteiger partial charge < -0.3 is 5.32 Å². The summed E-state index contributed by atoms with van der Waals surface area (Å²) in [5, 5.41) is 7.62. The monoisotopic (exact) mass is 315 g/mol. The van der Waals surface area contributed by atoms with Crippen LogP contribution in [-0.4, -0.2) is 21.7 Å². The van der Waals surface area contributed by atoms with Crippen molar-refractivity contribution in [3.8, 4) is 0 Å². The van der Waals surface area contributed by atoms with Gasteiger partial charge in [0.25, 0.3) is 5.91 Å². The number of hydrogen-bond acceptors (Lipinski definition) is 2. The molecule has 0 saturated heterocycles. The standard InChI is InChI=1S/C19H29N3O/c1-4-17(21-18(23)16-11-20-22(3)12(16)2)19-8-13-5-14(9-19)7-15(6-13)10-19/h11,13-15,17H,4-10H2,1-3H3,(H,21,23). The highest BCUT2D eigenvalue weighted by molar-refractivity contribution is 5.95. The fourth-order valence-electron chi connectivity index (χ4n) is 6.25. The van der Waals surface area contributed by atoms with Crippen molar-refractivity contribution in [2.24, 2.45) is 30.2 Å². The predicted molar refractivity (Wildman–Crippen MR) is 90.1 cm³/mol. The first-order chi connectivity index (χ1) is 11.0. The molecule has 4 fully saturated rings. The molecule has 23 heavy (non-hydrogen) atoms. The summed E-state index contributed by atoms with van der Waals surface area (Å²) in [7, 11) is 1.89. The van der Waals surface area contributed by atoms with Gasteiger partial charge in [-0.2, -0.15) is 5.10 Å². The highest BCUT2D eigenvalue weighted by Crippen LogP contribution is 2.61. The van der Waals surface area contributed by atoms with E-state index in [4.69, 9.17) is 0 Å². The first kappa shape index (κ1) is 15.2. The van der Waals surface area contributed by atoms with E-state index in [1.54, 1.807) is 10.9 Å². The molecule has 0 aromatic carbocycles. The molecule has 0 aliphatic heterocycles. The van der Waals surface area contributed by atoms with E-state index in [1.807, 2.05) is 14.0 Å². The lowest BCUT2D eigenvalue weighted by atomic mass is 9.47. The zero-order chi connectivity index (χ0) is 16.2. The van der Waals surface area contributed by atoms with Crippen LogP contribution in [0.2, 0.25) is 0 Å². The fourth-order valence-corrected chi connectivity index (χ4v) is 6.25. The molecule has 4 nitrogen and oxygen atoms in total. The average molecular weight is 315 g/mol. The Balaban J connectivity index is 1.55. The molecule has 0 radical (unpaired) electrons. The minimum atomic E-state index is 0.0678. The Bertz CT molecular complexity index is 583. The summed E-state index contributed by atoms with van der Waals surface area (Å²) >= 11 is 0. The van der Waals surface area contributed by atoms with Gasteiger partial charge in [0.05, 0.1) is 11.8 Å². The predicted octanol–water partition coefficient (Wildman–Crippen LogP) is 3.45. The number of aryl methyl sites for hydroxylation is 1. The van der Waals surface area contributed by atoms with Crippen LogP contribution in [0.25, 0.3) is 0 Å². The molecule has 1 aromatic heterocycles. The normalized spacial score (nSPS) is 36.2. The Labute approximate surface area is 139 Å². The molecule has 1 amide bonds. The molecule has 0 spiro atoms. The first-order valence-corrected chi connectivity index (χ1v) is 9.30. The summed E-state index contributed by atoms with van der Waals surface area (Å²) in [6.07, 6.45) is 11.1. The Morgan fingerprint density at radius 1 is 1.30 bits per heavy atom. The third-order valence-corrected chi connectivity index (χ3v) is 7.02. The molecule has 4 aliphatic carbocycles. The summed E-state index contributed by atoms with van der Waals surface area (Å²) in [4.78, 5) is 12.8. The van der Waals surface area contributed by atoms with Crippen LogP contribution < -0.4 is 5.32 Å². The van der Waals surface area contributed by atoms with Crippen molar-refractivity contribution in [1.29, 1.82) is 0 Å². The molecule has 4 aliphatic rings. The highest BCUT2D eigenvalue weighted by Gasteiger charge is 2.54. The lowest BCUT2D eigenvalue weighted by Crippen LogP contribution is -2.56. The van der Waals surface area contributed by atoms with Gasteiger partial charge in [-0.25, -0.2) is 0 Å². The third kappa shape index (κ3) is 2.41. The van der Waals surface area contributed by atoms with Gasteiger partial charge in [-0.3, -0.25) is 9.48 Å². The van der Waals surface area contributed by atoms with Gasteiger partial charge in [-0.05, 0) is 75.0 Å². The van der Waals surface area contributed by atoms with E-state index in [2.05, 4.69) is 17.3 Å². The number of aromatic nitrogens is 2. The maximum absolute atomic E-state index is 12.8. The van der Waals surface area contributed by atoms with E-state index >= 15 is 0 Å². The minimum Gasteiger partial charge on any atom is -0.349 e. The summed E-state index contributed by atoms with van der Waals surface area (Å²) in [5.74, 6) is 2.84. The lowest BCUT2D eigenvalue weighted by molar-refractivity contribution is -0.0727. The van der Waals surface area contributed by atoms with E-state index in [1.165, 1.54) is 38.5 Å². The van der Waals surface area contributed by atoms with Crippen LogP contribution in [0.15, 0.2) is 6.20 Å². The second kappa shape index (κ2) is 5.35. The molecule has 5 rings (SSSR count). The Hall–Kier alpha value is -1.32. The molecule has 1 aromatic rings. The van der Waals surface area contributed by atoms with Crippen LogP contribution >= 0.6 is 0 Å². The zero-order valence-electron chi connectivity index (χ0n) is 14.6. The van der Waals surface area contributed by atoms with Crippen LogP contribution in [0.4, 0.5) is 0 Å². The molecule has 1 unspecified atom stereocenters. The SMILES string of the molecule is CCC(NC(=O)c1cnn(C)c1C)C12CC3CC(CC(C3)C1)C2. The third-order valence-electron chi connectivity index (χ3n) is 7.02. The van der Waals surface area contributed by atoms with Crippen LogP contribution in [-0.2, 0) is 7.05 Å². The molecule has 126 valence electrons. The van der Waals surface area contributed by atoms with Crippen molar-refractivity contribution < 1.29 is 4.79 Å². The fraction of sp³-hybridized carbons (Fsp3) is 0.789. The van der Waals surface area contributed by atoms with Crippen LogP contribution in [0.3, 0.4) is 0 Å².